The van der Waals surface area contributed by atoms with Crippen LogP contribution in [0, 0.1) is 0 Å². The van der Waals surface area contributed by atoms with Crippen LogP contribution in [0.1, 0.15) is 5.48 Å². The van der Waals surface area contributed by atoms with Gasteiger partial charge in [0.15, 0.2) is 0 Å². The van der Waals surface area contributed by atoms with Crippen LogP contribution in [-0.2, 0) is 0 Å². The first-order valence-corrected chi connectivity index (χ1v) is 13.5. The number of rotatable bonds is 3. The molecule has 0 amide bonds. The van der Waals surface area contributed by atoms with Crippen molar-refractivity contribution >= 4 is 43.1 Å². The molecule has 0 nitrogen and oxygen atoms in total. The van der Waals surface area contributed by atoms with E-state index in [0.717, 1.165) is 60.0 Å². The molecule has 0 bridgehead atoms. The summed E-state index contributed by atoms with van der Waals surface area (Å²) in [5.74, 6) is 0. The fraction of sp³-hybridized carbons (Fsp3) is 0. The van der Waals surface area contributed by atoms with Crippen LogP contribution in [0.25, 0.3) is 76.5 Å². The number of hydrogen-bond acceptors (Lipinski definition) is 0. The van der Waals surface area contributed by atoms with E-state index in [0.29, 0.717) is 11.1 Å². The lowest BCUT2D eigenvalue weighted by Crippen LogP contribution is -1.91. The summed E-state index contributed by atoms with van der Waals surface area (Å²) in [6.45, 7) is 0. The zero-order valence-corrected chi connectivity index (χ0v) is 21.7. The Labute approximate surface area is 239 Å². The molecule has 0 N–H and O–H groups in total. The molecule has 0 atom stereocenters. The lowest BCUT2D eigenvalue weighted by molar-refractivity contribution is 1.63. The molecule has 0 fully saturated rings. The number of benzene rings is 8. The molecule has 0 aliphatic heterocycles. The highest BCUT2D eigenvalue weighted by molar-refractivity contribution is 6.22. The molecule has 0 saturated heterocycles. The first-order chi connectivity index (χ1) is 21.5. The van der Waals surface area contributed by atoms with Gasteiger partial charge in [-0.1, -0.05) is 146 Å². The second-order valence-corrected chi connectivity index (χ2v) is 10.2. The maximum Gasteiger partial charge on any atom is 0.0636 e. The van der Waals surface area contributed by atoms with E-state index in [4.69, 9.17) is 4.11 Å². The fourth-order valence-corrected chi connectivity index (χ4v) is 6.10. The van der Waals surface area contributed by atoms with Gasteiger partial charge >= 0.3 is 0 Å². The molecule has 0 aliphatic carbocycles. The third-order valence-corrected chi connectivity index (χ3v) is 7.90. The molecular formula is C40H26. The summed E-state index contributed by atoms with van der Waals surface area (Å²) in [6, 6.07) is 44.8. The van der Waals surface area contributed by atoms with E-state index in [1.165, 1.54) is 5.39 Å². The summed E-state index contributed by atoms with van der Waals surface area (Å²) in [6.07, 6.45) is 0. The van der Waals surface area contributed by atoms with Crippen molar-refractivity contribution < 1.29 is 5.48 Å². The summed E-state index contributed by atoms with van der Waals surface area (Å²) in [7, 11) is 0. The van der Waals surface area contributed by atoms with Crippen LogP contribution in [0.4, 0.5) is 0 Å². The SMILES string of the molecule is [2H]c1c([2H])c(-c2cccc3ccccc23)c([2H])c(-c2c3ccccc3c(-c3ccc4ccccc4c3)c3ccccc23)c1[2H]. The van der Waals surface area contributed by atoms with E-state index in [1.807, 2.05) is 72.8 Å². The minimum Gasteiger partial charge on any atom is -0.0616 e. The molecule has 0 spiro atoms. The van der Waals surface area contributed by atoms with Crippen molar-refractivity contribution in [3.8, 4) is 33.4 Å². The Morgan fingerprint density at radius 1 is 0.375 bits per heavy atom. The predicted molar refractivity (Wildman–Crippen MR) is 173 cm³/mol. The third-order valence-electron chi connectivity index (χ3n) is 7.90. The smallest absolute Gasteiger partial charge is 0.0616 e. The molecule has 0 aliphatic rings. The molecular weight excluding hydrogens is 480 g/mol. The zero-order valence-electron chi connectivity index (χ0n) is 25.7. The zero-order chi connectivity index (χ0) is 29.9. The Morgan fingerprint density at radius 3 is 1.60 bits per heavy atom. The van der Waals surface area contributed by atoms with Crippen LogP contribution >= 0.6 is 0 Å². The Bertz CT molecular complexity index is 2380. The molecule has 0 aromatic heterocycles. The topological polar surface area (TPSA) is 0 Å². The van der Waals surface area contributed by atoms with Crippen LogP contribution in [0.3, 0.4) is 0 Å². The molecule has 0 saturated carbocycles. The van der Waals surface area contributed by atoms with Gasteiger partial charge in [0.1, 0.15) is 0 Å². The van der Waals surface area contributed by atoms with Gasteiger partial charge in [-0.05, 0) is 88.6 Å². The monoisotopic (exact) mass is 510 g/mol. The van der Waals surface area contributed by atoms with Gasteiger partial charge in [-0.15, -0.1) is 0 Å². The Kier molecular flexibility index (Phi) is 4.37. The molecule has 8 aromatic rings. The van der Waals surface area contributed by atoms with Crippen molar-refractivity contribution in [3.05, 3.63) is 158 Å². The standard InChI is InChI=1S/C40H26/c1-2-13-29-25-32(24-23-27(29)11-1)40-37-20-7-5-18-35(37)39(36-19-6-8-21-38(36)40)31-16-9-15-30(26-31)34-22-10-14-28-12-3-4-17-33(28)34/h1-26H/i9D,15D,16D,26D. The minimum atomic E-state index is -0.175. The van der Waals surface area contributed by atoms with Crippen LogP contribution in [0.15, 0.2) is 158 Å². The van der Waals surface area contributed by atoms with Gasteiger partial charge in [0.2, 0.25) is 0 Å². The molecule has 0 radical (unpaired) electrons. The van der Waals surface area contributed by atoms with Gasteiger partial charge in [0, 0.05) is 0 Å². The van der Waals surface area contributed by atoms with Gasteiger partial charge in [-0.3, -0.25) is 0 Å². The average Bonchev–Trinajstić information content (AvgIpc) is 3.07. The molecule has 0 heteroatoms. The Hall–Kier alpha value is -5.20. The van der Waals surface area contributed by atoms with Crippen molar-refractivity contribution in [2.24, 2.45) is 0 Å². The van der Waals surface area contributed by atoms with Gasteiger partial charge in [-0.2, -0.15) is 0 Å². The summed E-state index contributed by atoms with van der Waals surface area (Å²) in [5.41, 5.74) is 4.44. The highest BCUT2D eigenvalue weighted by Gasteiger charge is 2.17. The van der Waals surface area contributed by atoms with Crippen LogP contribution in [0.2, 0.25) is 0 Å². The van der Waals surface area contributed by atoms with Gasteiger partial charge < -0.3 is 0 Å². The van der Waals surface area contributed by atoms with Crippen molar-refractivity contribution in [2.45, 2.75) is 0 Å². The lowest BCUT2D eigenvalue weighted by Gasteiger charge is -2.18. The van der Waals surface area contributed by atoms with Crippen LogP contribution in [-0.4, -0.2) is 0 Å². The van der Waals surface area contributed by atoms with Crippen LogP contribution < -0.4 is 0 Å². The Morgan fingerprint density at radius 2 is 0.900 bits per heavy atom. The molecule has 186 valence electrons. The normalized spacial score (nSPS) is 12.9. The van der Waals surface area contributed by atoms with Gasteiger partial charge in [-0.25, -0.2) is 0 Å². The number of fused-ring (bicyclic) bond motifs is 4. The summed E-state index contributed by atoms with van der Waals surface area (Å²) >= 11 is 0. The van der Waals surface area contributed by atoms with Crippen molar-refractivity contribution in [3.63, 3.8) is 0 Å². The highest BCUT2D eigenvalue weighted by atomic mass is 14.2. The molecule has 8 aromatic carbocycles. The van der Waals surface area contributed by atoms with E-state index < -0.39 is 0 Å². The minimum absolute atomic E-state index is 0.0958. The van der Waals surface area contributed by atoms with Gasteiger partial charge in [0.05, 0.1) is 5.48 Å². The second kappa shape index (κ2) is 9.22. The molecule has 0 unspecified atom stereocenters. The molecule has 40 heavy (non-hydrogen) atoms. The van der Waals surface area contributed by atoms with E-state index >= 15 is 0 Å². The largest absolute Gasteiger partial charge is 0.0636 e. The second-order valence-electron chi connectivity index (χ2n) is 10.2. The number of hydrogen-bond donors (Lipinski definition) is 0. The third kappa shape index (κ3) is 3.61. The summed E-state index contributed by atoms with van der Waals surface area (Å²) in [5, 5.41) is 8.12. The maximum absolute atomic E-state index is 9.61. The van der Waals surface area contributed by atoms with Gasteiger partial charge in [0.25, 0.3) is 0 Å². The van der Waals surface area contributed by atoms with Crippen molar-refractivity contribution in [1.29, 1.82) is 0 Å². The fourth-order valence-electron chi connectivity index (χ4n) is 6.10. The van der Waals surface area contributed by atoms with E-state index in [1.54, 1.807) is 0 Å². The maximum atomic E-state index is 9.61. The van der Waals surface area contributed by atoms with Crippen molar-refractivity contribution in [2.75, 3.05) is 0 Å². The van der Waals surface area contributed by atoms with Crippen LogP contribution in [0.5, 0.6) is 0 Å². The molecule has 8 rings (SSSR count). The first kappa shape index (κ1) is 19.0. The van der Waals surface area contributed by atoms with E-state index in [2.05, 4.69) is 60.7 Å². The summed E-state index contributed by atoms with van der Waals surface area (Å²) < 4.78 is 36.7. The first-order valence-electron chi connectivity index (χ1n) is 15.5. The quantitative estimate of drug-likeness (QED) is 0.207. The highest BCUT2D eigenvalue weighted by Crippen LogP contribution is 2.44. The predicted octanol–water partition coefficient (Wildman–Crippen LogP) is 11.3. The molecule has 0 heterocycles. The lowest BCUT2D eigenvalue weighted by atomic mass is 9.85. The Balaban J connectivity index is 1.51. The average molecular weight is 511 g/mol. The van der Waals surface area contributed by atoms with E-state index in [-0.39, 0.29) is 24.2 Å². The summed E-state index contributed by atoms with van der Waals surface area (Å²) in [4.78, 5) is 0. The van der Waals surface area contributed by atoms with E-state index in [9.17, 15) is 1.37 Å². The van der Waals surface area contributed by atoms with Crippen molar-refractivity contribution in [1.82, 2.24) is 0 Å².